The van der Waals surface area contributed by atoms with Crippen LogP contribution in [0.25, 0.3) is 0 Å². The van der Waals surface area contributed by atoms with E-state index in [1.54, 1.807) is 0 Å². The second-order valence-electron chi connectivity index (χ2n) is 5.62. The highest BCUT2D eigenvalue weighted by Crippen LogP contribution is 2.38. The fourth-order valence-electron chi connectivity index (χ4n) is 3.23. The van der Waals surface area contributed by atoms with Crippen molar-refractivity contribution in [3.63, 3.8) is 0 Å². The molecule has 0 aromatic carbocycles. The van der Waals surface area contributed by atoms with Crippen LogP contribution in [0.3, 0.4) is 0 Å². The van der Waals surface area contributed by atoms with Gasteiger partial charge in [0.15, 0.2) is 0 Å². The van der Waals surface area contributed by atoms with E-state index in [1.165, 1.54) is 51.4 Å². The van der Waals surface area contributed by atoms with Crippen molar-refractivity contribution in [3.05, 3.63) is 12.2 Å². The number of unbranched alkanes of at least 4 members (excludes halogenated alkanes) is 1. The van der Waals surface area contributed by atoms with Gasteiger partial charge in [-0.15, -0.1) is 0 Å². The van der Waals surface area contributed by atoms with Crippen LogP contribution in [-0.2, 0) is 0 Å². The SMILES string of the molecule is CC=CC(CC)CC1CCC(CCCC)C1. The van der Waals surface area contributed by atoms with E-state index in [1.807, 2.05) is 0 Å². The lowest BCUT2D eigenvalue weighted by atomic mass is 9.90. The van der Waals surface area contributed by atoms with E-state index < -0.39 is 0 Å². The summed E-state index contributed by atoms with van der Waals surface area (Å²) in [6, 6.07) is 0. The topological polar surface area (TPSA) is 0 Å². The van der Waals surface area contributed by atoms with Gasteiger partial charge in [0, 0.05) is 0 Å². The summed E-state index contributed by atoms with van der Waals surface area (Å²) in [7, 11) is 0. The fraction of sp³-hybridized carbons (Fsp3) is 0.875. The lowest BCUT2D eigenvalue weighted by Crippen LogP contribution is -2.04. The maximum absolute atomic E-state index is 2.42. The highest BCUT2D eigenvalue weighted by molar-refractivity contribution is 4.88. The van der Waals surface area contributed by atoms with Gasteiger partial charge in [-0.1, -0.05) is 58.1 Å². The van der Waals surface area contributed by atoms with Gasteiger partial charge >= 0.3 is 0 Å². The van der Waals surface area contributed by atoms with Crippen LogP contribution in [0.5, 0.6) is 0 Å². The van der Waals surface area contributed by atoms with Gasteiger partial charge in [-0.25, -0.2) is 0 Å². The molecule has 16 heavy (non-hydrogen) atoms. The Bertz CT molecular complexity index is 192. The van der Waals surface area contributed by atoms with Crippen LogP contribution in [0.4, 0.5) is 0 Å². The number of allylic oxidation sites excluding steroid dienone is 2. The molecule has 1 saturated carbocycles. The Kier molecular flexibility index (Phi) is 6.84. The van der Waals surface area contributed by atoms with Crippen molar-refractivity contribution in [2.75, 3.05) is 0 Å². The van der Waals surface area contributed by atoms with E-state index in [9.17, 15) is 0 Å². The molecule has 0 heterocycles. The largest absolute Gasteiger partial charge is 0.0914 e. The summed E-state index contributed by atoms with van der Waals surface area (Å²) < 4.78 is 0. The number of hydrogen-bond donors (Lipinski definition) is 0. The zero-order valence-corrected chi connectivity index (χ0v) is 11.5. The van der Waals surface area contributed by atoms with Crippen molar-refractivity contribution < 1.29 is 0 Å². The van der Waals surface area contributed by atoms with Gasteiger partial charge < -0.3 is 0 Å². The van der Waals surface area contributed by atoms with Crippen molar-refractivity contribution in [1.29, 1.82) is 0 Å². The summed E-state index contributed by atoms with van der Waals surface area (Å²) in [6.45, 7) is 6.79. The molecule has 0 heteroatoms. The maximum Gasteiger partial charge on any atom is -0.0234 e. The van der Waals surface area contributed by atoms with Crippen LogP contribution in [0.1, 0.15) is 72.1 Å². The van der Waals surface area contributed by atoms with Gasteiger partial charge in [0.1, 0.15) is 0 Å². The number of hydrogen-bond acceptors (Lipinski definition) is 0. The Morgan fingerprint density at radius 3 is 2.56 bits per heavy atom. The zero-order valence-electron chi connectivity index (χ0n) is 11.5. The normalized spacial score (nSPS) is 27.7. The van der Waals surface area contributed by atoms with Crippen molar-refractivity contribution in [3.8, 4) is 0 Å². The molecule has 1 aliphatic rings. The van der Waals surface area contributed by atoms with E-state index >= 15 is 0 Å². The first-order chi connectivity index (χ1) is 7.80. The van der Waals surface area contributed by atoms with Crippen LogP contribution in [0, 0.1) is 17.8 Å². The minimum atomic E-state index is 0.847. The maximum atomic E-state index is 2.42. The molecule has 1 fully saturated rings. The standard InChI is InChI=1S/C16H30/c1-4-7-9-15-10-11-16(13-15)12-14(6-3)8-5-2/h5,8,14-16H,4,6-7,9-13H2,1-3H3. The summed E-state index contributed by atoms with van der Waals surface area (Å²) in [4.78, 5) is 0. The van der Waals surface area contributed by atoms with Crippen LogP contribution in [-0.4, -0.2) is 0 Å². The Morgan fingerprint density at radius 2 is 1.94 bits per heavy atom. The Balaban J connectivity index is 2.24. The summed E-state index contributed by atoms with van der Waals surface area (Å²) in [5, 5.41) is 0. The summed E-state index contributed by atoms with van der Waals surface area (Å²) in [5.41, 5.74) is 0. The predicted octanol–water partition coefficient (Wildman–Crippen LogP) is 5.59. The van der Waals surface area contributed by atoms with Crippen LogP contribution in [0.15, 0.2) is 12.2 Å². The molecule has 0 N–H and O–H groups in total. The molecule has 1 rings (SSSR count). The van der Waals surface area contributed by atoms with Crippen molar-refractivity contribution in [1.82, 2.24) is 0 Å². The van der Waals surface area contributed by atoms with Crippen molar-refractivity contribution in [2.24, 2.45) is 17.8 Å². The highest BCUT2D eigenvalue weighted by atomic mass is 14.3. The van der Waals surface area contributed by atoms with Crippen molar-refractivity contribution in [2.45, 2.75) is 72.1 Å². The van der Waals surface area contributed by atoms with Crippen LogP contribution in [0.2, 0.25) is 0 Å². The molecule has 0 amide bonds. The molecule has 0 spiro atoms. The zero-order chi connectivity index (χ0) is 11.8. The van der Waals surface area contributed by atoms with E-state index in [4.69, 9.17) is 0 Å². The van der Waals surface area contributed by atoms with E-state index in [0.717, 1.165) is 17.8 Å². The molecular weight excluding hydrogens is 192 g/mol. The van der Waals surface area contributed by atoms with Gasteiger partial charge in [0.2, 0.25) is 0 Å². The highest BCUT2D eigenvalue weighted by Gasteiger charge is 2.25. The van der Waals surface area contributed by atoms with E-state index in [2.05, 4.69) is 32.9 Å². The molecule has 3 unspecified atom stereocenters. The molecule has 0 nitrogen and oxygen atoms in total. The molecule has 1 aliphatic carbocycles. The first kappa shape index (κ1) is 13.8. The first-order valence-electron chi connectivity index (χ1n) is 7.42. The van der Waals surface area contributed by atoms with Gasteiger partial charge in [-0.05, 0) is 43.9 Å². The van der Waals surface area contributed by atoms with Crippen LogP contribution < -0.4 is 0 Å². The molecule has 94 valence electrons. The van der Waals surface area contributed by atoms with E-state index in [-0.39, 0.29) is 0 Å². The second-order valence-corrected chi connectivity index (χ2v) is 5.62. The lowest BCUT2D eigenvalue weighted by molar-refractivity contribution is 0.391. The smallest absolute Gasteiger partial charge is 0.0234 e. The monoisotopic (exact) mass is 222 g/mol. The molecule has 0 aliphatic heterocycles. The molecule has 0 aromatic heterocycles. The first-order valence-corrected chi connectivity index (χ1v) is 7.42. The quantitative estimate of drug-likeness (QED) is 0.493. The molecule has 3 atom stereocenters. The average Bonchev–Trinajstić information content (AvgIpc) is 2.73. The second kappa shape index (κ2) is 7.92. The molecule has 0 bridgehead atoms. The van der Waals surface area contributed by atoms with Gasteiger partial charge in [0.25, 0.3) is 0 Å². The summed E-state index contributed by atoms with van der Waals surface area (Å²) in [6.07, 6.45) is 16.3. The number of rotatable bonds is 7. The Morgan fingerprint density at radius 1 is 1.19 bits per heavy atom. The fourth-order valence-corrected chi connectivity index (χ4v) is 3.23. The van der Waals surface area contributed by atoms with Crippen molar-refractivity contribution >= 4 is 0 Å². The average molecular weight is 222 g/mol. The molecule has 0 aromatic rings. The van der Waals surface area contributed by atoms with E-state index in [0.29, 0.717) is 0 Å². The van der Waals surface area contributed by atoms with Gasteiger partial charge in [-0.2, -0.15) is 0 Å². The predicted molar refractivity (Wildman–Crippen MR) is 73.6 cm³/mol. The summed E-state index contributed by atoms with van der Waals surface area (Å²) >= 11 is 0. The van der Waals surface area contributed by atoms with Gasteiger partial charge in [-0.3, -0.25) is 0 Å². The molecular formula is C16H30. The minimum Gasteiger partial charge on any atom is -0.0914 e. The Hall–Kier alpha value is -0.260. The third-order valence-electron chi connectivity index (χ3n) is 4.24. The molecule has 0 saturated heterocycles. The lowest BCUT2D eigenvalue weighted by Gasteiger charge is -2.16. The molecule has 0 radical (unpaired) electrons. The van der Waals surface area contributed by atoms with Gasteiger partial charge in [0.05, 0.1) is 0 Å². The van der Waals surface area contributed by atoms with Crippen LogP contribution >= 0.6 is 0 Å². The third kappa shape index (κ3) is 4.72. The Labute approximate surface area is 103 Å². The minimum absolute atomic E-state index is 0.847. The third-order valence-corrected chi connectivity index (χ3v) is 4.24. The summed E-state index contributed by atoms with van der Waals surface area (Å²) in [5.74, 6) is 2.94.